The molecule has 1 aromatic carbocycles. The van der Waals surface area contributed by atoms with Gasteiger partial charge in [-0.1, -0.05) is 5.57 Å². The van der Waals surface area contributed by atoms with Crippen molar-refractivity contribution in [2.24, 2.45) is 4.99 Å². The number of ether oxygens (including phenoxy) is 1. The fraction of sp³-hybridized carbons (Fsp3) is 0.400. The molecule has 0 saturated heterocycles. The summed E-state index contributed by atoms with van der Waals surface area (Å²) in [5.41, 5.74) is 2.28. The molecule has 5 nitrogen and oxygen atoms in total. The first-order valence-corrected chi connectivity index (χ1v) is 8.49. The van der Waals surface area contributed by atoms with Crippen LogP contribution in [-0.2, 0) is 4.79 Å². The van der Waals surface area contributed by atoms with Gasteiger partial charge in [0.15, 0.2) is 0 Å². The fourth-order valence-corrected chi connectivity index (χ4v) is 2.70. The molecule has 2 N–H and O–H groups in total. The van der Waals surface area contributed by atoms with Gasteiger partial charge < -0.3 is 15.4 Å². The van der Waals surface area contributed by atoms with E-state index in [1.54, 1.807) is 0 Å². The summed E-state index contributed by atoms with van der Waals surface area (Å²) in [5.74, 6) is 0.168. The van der Waals surface area contributed by atoms with Gasteiger partial charge in [0.1, 0.15) is 17.4 Å². The van der Waals surface area contributed by atoms with Gasteiger partial charge in [-0.05, 0) is 59.4 Å². The van der Waals surface area contributed by atoms with Crippen molar-refractivity contribution in [1.82, 2.24) is 5.32 Å². The van der Waals surface area contributed by atoms with Crippen molar-refractivity contribution >= 4 is 18.3 Å². The summed E-state index contributed by atoms with van der Waals surface area (Å²) in [4.78, 5) is 17.0. The number of anilines is 1. The third-order valence-electron chi connectivity index (χ3n) is 4.45. The number of halogens is 1. The zero-order valence-electron chi connectivity index (χ0n) is 16.0. The largest absolute Gasteiger partial charge is 0.495 e. The molecule has 0 atom stereocenters. The van der Waals surface area contributed by atoms with E-state index in [1.165, 1.54) is 25.3 Å². The summed E-state index contributed by atoms with van der Waals surface area (Å²) in [7, 11) is 1.47. The van der Waals surface area contributed by atoms with Crippen molar-refractivity contribution in [2.75, 3.05) is 12.4 Å². The van der Waals surface area contributed by atoms with E-state index >= 15 is 0 Å². The standard InChI is InChI=1S/C20H26FN3O2/c1-12(2)17(13(3)18(22-5)24-20(4)9-10-20)19(25)23-15-11-14(21)7-8-16(15)26-6/h7-8,11,24H,5,9-10H2,1-4,6H3,(H,23,25)/b18-13-. The summed E-state index contributed by atoms with van der Waals surface area (Å²) in [5, 5.41) is 6.09. The third-order valence-corrected chi connectivity index (χ3v) is 4.45. The van der Waals surface area contributed by atoms with Crippen molar-refractivity contribution < 1.29 is 13.9 Å². The van der Waals surface area contributed by atoms with E-state index in [0.29, 0.717) is 22.7 Å². The van der Waals surface area contributed by atoms with Crippen molar-refractivity contribution in [3.8, 4) is 5.75 Å². The van der Waals surface area contributed by atoms with E-state index in [9.17, 15) is 9.18 Å². The highest BCUT2D eigenvalue weighted by atomic mass is 19.1. The van der Waals surface area contributed by atoms with Gasteiger partial charge in [0.05, 0.1) is 12.8 Å². The quantitative estimate of drug-likeness (QED) is 0.436. The predicted molar refractivity (Wildman–Crippen MR) is 103 cm³/mol. The zero-order valence-corrected chi connectivity index (χ0v) is 16.0. The number of amides is 1. The number of nitrogens with one attached hydrogen (secondary N) is 2. The van der Waals surface area contributed by atoms with Gasteiger partial charge in [0.2, 0.25) is 0 Å². The summed E-state index contributed by atoms with van der Waals surface area (Å²) in [6, 6.07) is 3.98. The molecule has 1 aliphatic rings. The van der Waals surface area contributed by atoms with Crippen LogP contribution in [-0.4, -0.2) is 25.3 Å². The molecule has 1 amide bonds. The number of hydrogen-bond donors (Lipinski definition) is 2. The Hall–Kier alpha value is -2.63. The maximum atomic E-state index is 13.6. The molecule has 2 rings (SSSR count). The number of allylic oxidation sites excluding steroid dienone is 1. The molecule has 0 spiro atoms. The van der Waals surface area contributed by atoms with Crippen LogP contribution in [0.2, 0.25) is 0 Å². The van der Waals surface area contributed by atoms with Crippen LogP contribution in [0.3, 0.4) is 0 Å². The summed E-state index contributed by atoms with van der Waals surface area (Å²) in [6.07, 6.45) is 2.10. The molecule has 1 saturated carbocycles. The number of rotatable bonds is 7. The second-order valence-electron chi connectivity index (χ2n) is 6.99. The lowest BCUT2D eigenvalue weighted by molar-refractivity contribution is -0.112. The minimum atomic E-state index is -0.455. The Morgan fingerprint density at radius 3 is 2.46 bits per heavy atom. The molecule has 0 aliphatic heterocycles. The lowest BCUT2D eigenvalue weighted by Crippen LogP contribution is -2.28. The summed E-state index contributed by atoms with van der Waals surface area (Å²) in [6.45, 7) is 11.2. The third kappa shape index (κ3) is 4.50. The van der Waals surface area contributed by atoms with Crippen LogP contribution < -0.4 is 15.4 Å². The van der Waals surface area contributed by atoms with E-state index in [0.717, 1.165) is 18.4 Å². The average Bonchev–Trinajstić information content (AvgIpc) is 3.30. The van der Waals surface area contributed by atoms with Crippen LogP contribution in [0.5, 0.6) is 5.75 Å². The number of methoxy groups -OCH3 is 1. The van der Waals surface area contributed by atoms with Gasteiger partial charge in [-0.15, -0.1) is 0 Å². The molecular formula is C20H26FN3O2. The molecule has 26 heavy (non-hydrogen) atoms. The number of carbonyl (C=O) groups is 1. The van der Waals surface area contributed by atoms with Crippen LogP contribution in [0, 0.1) is 5.82 Å². The highest BCUT2D eigenvalue weighted by Crippen LogP contribution is 2.36. The predicted octanol–water partition coefficient (Wildman–Crippen LogP) is 4.18. The SMILES string of the molecule is C=N/C(NC1(C)CC1)=C(\C)C(C(=O)Nc1cc(F)ccc1OC)=C(C)C. The number of hydrogen-bond acceptors (Lipinski definition) is 4. The van der Waals surface area contributed by atoms with E-state index in [2.05, 4.69) is 29.3 Å². The molecule has 140 valence electrons. The first kappa shape index (κ1) is 19.7. The lowest BCUT2D eigenvalue weighted by atomic mass is 10.0. The molecule has 0 unspecified atom stereocenters. The Bertz CT molecular complexity index is 788. The highest BCUT2D eigenvalue weighted by Gasteiger charge is 2.38. The van der Waals surface area contributed by atoms with E-state index in [4.69, 9.17) is 4.74 Å². The maximum absolute atomic E-state index is 13.6. The average molecular weight is 359 g/mol. The van der Waals surface area contributed by atoms with Crippen LogP contribution in [0.15, 0.2) is 45.7 Å². The Balaban J connectivity index is 2.35. The van der Waals surface area contributed by atoms with Crippen LogP contribution in [0.25, 0.3) is 0 Å². The maximum Gasteiger partial charge on any atom is 0.256 e. The Kier molecular flexibility index (Phi) is 5.85. The highest BCUT2D eigenvalue weighted by molar-refractivity contribution is 6.08. The molecule has 1 fully saturated rings. The van der Waals surface area contributed by atoms with Crippen LogP contribution in [0.1, 0.15) is 40.5 Å². The minimum Gasteiger partial charge on any atom is -0.495 e. The number of carbonyl (C=O) groups excluding carboxylic acids is 1. The number of benzene rings is 1. The van der Waals surface area contributed by atoms with Crippen molar-refractivity contribution in [2.45, 2.75) is 46.1 Å². The van der Waals surface area contributed by atoms with E-state index in [-0.39, 0.29) is 17.1 Å². The van der Waals surface area contributed by atoms with Gasteiger partial charge in [-0.3, -0.25) is 4.79 Å². The summed E-state index contributed by atoms with van der Waals surface area (Å²) >= 11 is 0. The Morgan fingerprint density at radius 2 is 1.96 bits per heavy atom. The first-order chi connectivity index (χ1) is 12.2. The molecular weight excluding hydrogens is 333 g/mol. The normalized spacial score (nSPS) is 15.5. The number of aliphatic imine (C=N–C) groups is 1. The van der Waals surface area contributed by atoms with Gasteiger partial charge in [-0.25, -0.2) is 9.38 Å². The van der Waals surface area contributed by atoms with Crippen LogP contribution in [0.4, 0.5) is 10.1 Å². The van der Waals surface area contributed by atoms with Crippen LogP contribution >= 0.6 is 0 Å². The molecule has 6 heteroatoms. The van der Waals surface area contributed by atoms with Gasteiger partial charge in [0, 0.05) is 22.8 Å². The zero-order chi connectivity index (χ0) is 19.5. The van der Waals surface area contributed by atoms with Crippen molar-refractivity contribution in [3.63, 3.8) is 0 Å². The van der Waals surface area contributed by atoms with Crippen molar-refractivity contribution in [1.29, 1.82) is 0 Å². The lowest BCUT2D eigenvalue weighted by Gasteiger charge is -2.19. The molecule has 0 heterocycles. The van der Waals surface area contributed by atoms with Gasteiger partial charge in [0.25, 0.3) is 5.91 Å². The van der Waals surface area contributed by atoms with E-state index < -0.39 is 5.82 Å². The van der Waals surface area contributed by atoms with Gasteiger partial charge >= 0.3 is 0 Å². The smallest absolute Gasteiger partial charge is 0.256 e. The Morgan fingerprint density at radius 1 is 1.31 bits per heavy atom. The second kappa shape index (κ2) is 7.72. The molecule has 0 aromatic heterocycles. The molecule has 1 aliphatic carbocycles. The first-order valence-electron chi connectivity index (χ1n) is 8.49. The molecule has 0 bridgehead atoms. The minimum absolute atomic E-state index is 0.00674. The monoisotopic (exact) mass is 359 g/mol. The molecule has 1 aromatic rings. The fourth-order valence-electron chi connectivity index (χ4n) is 2.70. The second-order valence-corrected chi connectivity index (χ2v) is 6.99. The topological polar surface area (TPSA) is 62.7 Å². The van der Waals surface area contributed by atoms with Gasteiger partial charge in [-0.2, -0.15) is 0 Å². The van der Waals surface area contributed by atoms with E-state index in [1.807, 2.05) is 20.8 Å². The Labute approximate surface area is 154 Å². The summed E-state index contributed by atoms with van der Waals surface area (Å²) < 4.78 is 18.8. The molecule has 0 radical (unpaired) electrons. The van der Waals surface area contributed by atoms with Crippen molar-refractivity contribution in [3.05, 3.63) is 46.6 Å². The number of nitrogens with zero attached hydrogens (tertiary/aromatic N) is 1.